The van der Waals surface area contributed by atoms with Gasteiger partial charge in [0.2, 0.25) is 0 Å². The first kappa shape index (κ1) is 7.36. The second kappa shape index (κ2) is 3.43. The monoisotopic (exact) mass is 145 g/mol. The van der Waals surface area contributed by atoms with Crippen LogP contribution in [0.4, 0.5) is 0 Å². The van der Waals surface area contributed by atoms with Crippen LogP contribution in [0, 0.1) is 6.57 Å². The molecule has 1 aromatic rings. The van der Waals surface area contributed by atoms with Crippen LogP contribution in [0.2, 0.25) is 0 Å². The average molecular weight is 145 g/mol. The topological polar surface area (TPSA) is 24.6 Å². The minimum atomic E-state index is 0.201. The summed E-state index contributed by atoms with van der Waals surface area (Å²) in [5.41, 5.74) is 0.670. The number of nitrogens with zero attached hydrogens (tertiary/aromatic N) is 1. The molecule has 0 bridgehead atoms. The number of para-hydroxylation sites is 1. The van der Waals surface area contributed by atoms with Gasteiger partial charge in [-0.15, -0.1) is 0 Å². The fourth-order valence-electron chi connectivity index (χ4n) is 0.746. The molecule has 1 rings (SSSR count). The van der Waals surface area contributed by atoms with Gasteiger partial charge in [-0.3, -0.25) is 0 Å². The average Bonchev–Trinajstić information content (AvgIpc) is 2.03. The van der Waals surface area contributed by atoms with E-state index in [1.165, 1.54) is 6.20 Å². The van der Waals surface area contributed by atoms with Crippen molar-refractivity contribution >= 4 is 6.08 Å². The Morgan fingerprint density at radius 3 is 2.73 bits per heavy atom. The molecule has 0 amide bonds. The molecule has 1 N–H and O–H groups in total. The Kier molecular flexibility index (Phi) is 2.29. The second-order valence-electron chi connectivity index (χ2n) is 2.00. The molecule has 0 unspecified atom stereocenters. The molecule has 0 aromatic heterocycles. The van der Waals surface area contributed by atoms with Crippen LogP contribution in [0.5, 0.6) is 5.75 Å². The number of aromatic hydroxyl groups is 1. The molecule has 0 atom stereocenters. The summed E-state index contributed by atoms with van der Waals surface area (Å²) < 4.78 is 0. The lowest BCUT2D eigenvalue weighted by Gasteiger charge is -1.94. The molecule has 0 radical (unpaired) electrons. The van der Waals surface area contributed by atoms with Gasteiger partial charge in [-0.2, -0.15) is 0 Å². The molecule has 0 fully saturated rings. The maximum atomic E-state index is 9.18. The third-order valence-corrected chi connectivity index (χ3v) is 1.27. The normalized spacial score (nSPS) is 9.73. The highest BCUT2D eigenvalue weighted by atomic mass is 16.3. The number of benzene rings is 1. The number of rotatable bonds is 1. The van der Waals surface area contributed by atoms with E-state index in [-0.39, 0.29) is 5.75 Å². The lowest BCUT2D eigenvalue weighted by Crippen LogP contribution is -1.70. The first-order valence-corrected chi connectivity index (χ1v) is 3.15. The van der Waals surface area contributed by atoms with E-state index in [0.29, 0.717) is 5.56 Å². The Morgan fingerprint density at radius 2 is 2.09 bits per heavy atom. The zero-order chi connectivity index (χ0) is 8.10. The van der Waals surface area contributed by atoms with Gasteiger partial charge in [0.25, 0.3) is 0 Å². The fourth-order valence-corrected chi connectivity index (χ4v) is 0.746. The van der Waals surface area contributed by atoms with Gasteiger partial charge >= 0.3 is 0 Å². The molecule has 54 valence electrons. The van der Waals surface area contributed by atoms with Crippen LogP contribution in [0.25, 0.3) is 10.9 Å². The number of phenolic OH excluding ortho intramolecular Hbond substituents is 1. The summed E-state index contributed by atoms with van der Waals surface area (Å²) in [4.78, 5) is 3.03. The van der Waals surface area contributed by atoms with Crippen LogP contribution < -0.4 is 0 Å². The summed E-state index contributed by atoms with van der Waals surface area (Å²) in [6, 6.07) is 6.88. The molecular weight excluding hydrogens is 138 g/mol. The SMILES string of the molecule is [C-]#[N+]/C=C/c1ccccc1O. The van der Waals surface area contributed by atoms with Crippen LogP contribution >= 0.6 is 0 Å². The Bertz CT molecular complexity index is 310. The van der Waals surface area contributed by atoms with Crippen LogP contribution in [-0.2, 0) is 0 Å². The summed E-state index contributed by atoms with van der Waals surface area (Å²) in [5.74, 6) is 0.201. The van der Waals surface area contributed by atoms with E-state index >= 15 is 0 Å². The Labute approximate surface area is 65.2 Å². The van der Waals surface area contributed by atoms with E-state index in [1.807, 2.05) is 6.07 Å². The second-order valence-corrected chi connectivity index (χ2v) is 2.00. The van der Waals surface area contributed by atoms with Gasteiger partial charge in [0.1, 0.15) is 5.75 Å². The van der Waals surface area contributed by atoms with Crippen molar-refractivity contribution < 1.29 is 5.11 Å². The highest BCUT2D eigenvalue weighted by molar-refractivity contribution is 5.56. The van der Waals surface area contributed by atoms with Crippen LogP contribution in [-0.4, -0.2) is 5.11 Å². The summed E-state index contributed by atoms with van der Waals surface area (Å²) in [6.07, 6.45) is 2.89. The quantitative estimate of drug-likeness (QED) is 0.602. The van der Waals surface area contributed by atoms with Gasteiger partial charge in [0.05, 0.1) is 6.57 Å². The Morgan fingerprint density at radius 1 is 1.36 bits per heavy atom. The van der Waals surface area contributed by atoms with Gasteiger partial charge in [0, 0.05) is 5.56 Å². The summed E-state index contributed by atoms with van der Waals surface area (Å²) in [5, 5.41) is 9.18. The minimum Gasteiger partial charge on any atom is -0.507 e. The number of phenols is 1. The zero-order valence-corrected chi connectivity index (χ0v) is 5.86. The van der Waals surface area contributed by atoms with Crippen molar-refractivity contribution in [2.75, 3.05) is 0 Å². The smallest absolute Gasteiger partial charge is 0.154 e. The van der Waals surface area contributed by atoms with E-state index in [4.69, 9.17) is 6.57 Å². The van der Waals surface area contributed by atoms with Gasteiger partial charge in [-0.05, 0) is 6.07 Å². The Hall–Kier alpha value is -1.75. The van der Waals surface area contributed by atoms with E-state index in [9.17, 15) is 5.11 Å². The van der Waals surface area contributed by atoms with Crippen molar-refractivity contribution in [1.82, 2.24) is 0 Å². The van der Waals surface area contributed by atoms with Crippen molar-refractivity contribution in [1.29, 1.82) is 0 Å². The number of hydrogen-bond donors (Lipinski definition) is 1. The summed E-state index contributed by atoms with van der Waals surface area (Å²) in [7, 11) is 0. The standard InChI is InChI=1S/C9H7NO/c1-10-7-6-8-4-2-3-5-9(8)11/h2-7,11H/b7-6+. The van der Waals surface area contributed by atoms with Crippen molar-refractivity contribution in [2.24, 2.45) is 0 Å². The zero-order valence-electron chi connectivity index (χ0n) is 5.86. The van der Waals surface area contributed by atoms with Gasteiger partial charge in [-0.25, -0.2) is 4.85 Å². The van der Waals surface area contributed by atoms with Crippen molar-refractivity contribution in [3.05, 3.63) is 47.4 Å². The molecule has 2 heteroatoms. The molecule has 0 saturated carbocycles. The maximum absolute atomic E-state index is 9.18. The number of hydrogen-bond acceptors (Lipinski definition) is 1. The maximum Gasteiger partial charge on any atom is 0.154 e. The molecule has 0 aliphatic rings. The lowest BCUT2D eigenvalue weighted by molar-refractivity contribution is 0.474. The minimum absolute atomic E-state index is 0.201. The molecule has 1 aromatic carbocycles. The summed E-state index contributed by atoms with van der Waals surface area (Å²) >= 11 is 0. The molecule has 11 heavy (non-hydrogen) atoms. The largest absolute Gasteiger partial charge is 0.507 e. The molecule has 2 nitrogen and oxygen atoms in total. The highest BCUT2D eigenvalue weighted by Gasteiger charge is 1.91. The molecule has 0 spiro atoms. The molecule has 0 aliphatic heterocycles. The summed E-state index contributed by atoms with van der Waals surface area (Å²) in [6.45, 7) is 6.48. The van der Waals surface area contributed by atoms with Gasteiger partial charge < -0.3 is 5.11 Å². The molecular formula is C9H7NO. The van der Waals surface area contributed by atoms with E-state index in [2.05, 4.69) is 4.85 Å². The predicted octanol–water partition coefficient (Wildman–Crippen LogP) is 2.28. The van der Waals surface area contributed by atoms with Crippen LogP contribution in [0.1, 0.15) is 5.56 Å². The lowest BCUT2D eigenvalue weighted by atomic mass is 10.2. The molecule has 0 heterocycles. The third kappa shape index (κ3) is 1.84. The first-order chi connectivity index (χ1) is 5.34. The third-order valence-electron chi connectivity index (χ3n) is 1.27. The van der Waals surface area contributed by atoms with Crippen molar-refractivity contribution in [2.45, 2.75) is 0 Å². The van der Waals surface area contributed by atoms with Crippen molar-refractivity contribution in [3.8, 4) is 5.75 Å². The van der Waals surface area contributed by atoms with E-state index < -0.39 is 0 Å². The predicted molar refractivity (Wildman–Crippen MR) is 43.7 cm³/mol. The molecule has 0 aliphatic carbocycles. The van der Waals surface area contributed by atoms with Crippen molar-refractivity contribution in [3.63, 3.8) is 0 Å². The fraction of sp³-hybridized carbons (Fsp3) is 0. The van der Waals surface area contributed by atoms with Gasteiger partial charge in [-0.1, -0.05) is 24.3 Å². The van der Waals surface area contributed by atoms with E-state index in [1.54, 1.807) is 24.3 Å². The van der Waals surface area contributed by atoms with Gasteiger partial charge in [0.15, 0.2) is 6.20 Å². The first-order valence-electron chi connectivity index (χ1n) is 3.15. The van der Waals surface area contributed by atoms with Crippen LogP contribution in [0.3, 0.4) is 0 Å². The molecule has 0 saturated heterocycles. The van der Waals surface area contributed by atoms with Crippen LogP contribution in [0.15, 0.2) is 30.5 Å². The Balaban J connectivity index is 2.97. The van der Waals surface area contributed by atoms with E-state index in [0.717, 1.165) is 0 Å². The highest BCUT2D eigenvalue weighted by Crippen LogP contribution is 2.16.